The largest absolute Gasteiger partial charge is 0.480 e. The fourth-order valence-electron chi connectivity index (χ4n) is 3.41. The second-order valence-electron chi connectivity index (χ2n) is 6.27. The summed E-state index contributed by atoms with van der Waals surface area (Å²) in [5.74, 6) is 0.736. The molecule has 0 heterocycles. The summed E-state index contributed by atoms with van der Waals surface area (Å²) >= 11 is 0. The molecular formula is C18H27NO2. The van der Waals surface area contributed by atoms with Gasteiger partial charge in [-0.1, -0.05) is 62.9 Å². The Morgan fingerprint density at radius 1 is 1.19 bits per heavy atom. The maximum Gasteiger partial charge on any atom is 0.325 e. The van der Waals surface area contributed by atoms with Crippen molar-refractivity contribution in [3.05, 3.63) is 35.9 Å². The standard InChI is InChI=1S/C18H27NO2/c1-2-6-14-9-11-15(12-10-14)13-19-17(18(20)21)16-7-4-3-5-8-16/h3-5,7-8,14-15,17,19H,2,6,9-13H2,1H3,(H,20,21)/t14?,15?,17-/m0/s1. The van der Waals surface area contributed by atoms with Gasteiger partial charge >= 0.3 is 5.97 Å². The first-order chi connectivity index (χ1) is 10.2. The lowest BCUT2D eigenvalue weighted by Crippen LogP contribution is -2.33. The summed E-state index contributed by atoms with van der Waals surface area (Å²) in [4.78, 5) is 11.4. The maximum absolute atomic E-state index is 11.4. The van der Waals surface area contributed by atoms with Crippen molar-refractivity contribution in [1.29, 1.82) is 0 Å². The molecule has 0 aliphatic heterocycles. The minimum absolute atomic E-state index is 0.584. The molecule has 0 bridgehead atoms. The van der Waals surface area contributed by atoms with Gasteiger partial charge in [-0.05, 0) is 36.8 Å². The predicted molar refractivity (Wildman–Crippen MR) is 85.2 cm³/mol. The molecule has 0 radical (unpaired) electrons. The third-order valence-electron chi connectivity index (χ3n) is 4.65. The Balaban J connectivity index is 1.82. The molecule has 2 N–H and O–H groups in total. The number of nitrogens with one attached hydrogen (secondary N) is 1. The van der Waals surface area contributed by atoms with E-state index in [1.807, 2.05) is 30.3 Å². The number of carboxylic acids is 1. The van der Waals surface area contributed by atoms with Gasteiger partial charge in [0.15, 0.2) is 0 Å². The van der Waals surface area contributed by atoms with Crippen molar-refractivity contribution in [3.8, 4) is 0 Å². The number of carbonyl (C=O) groups is 1. The molecule has 1 aromatic carbocycles. The Hall–Kier alpha value is -1.35. The van der Waals surface area contributed by atoms with E-state index in [4.69, 9.17) is 0 Å². The summed E-state index contributed by atoms with van der Waals surface area (Å²) in [5.41, 5.74) is 0.838. The lowest BCUT2D eigenvalue weighted by atomic mass is 9.80. The summed E-state index contributed by atoms with van der Waals surface area (Å²) in [7, 11) is 0. The highest BCUT2D eigenvalue weighted by molar-refractivity contribution is 5.75. The van der Waals surface area contributed by atoms with Crippen LogP contribution in [0.25, 0.3) is 0 Å². The molecule has 0 aromatic heterocycles. The molecule has 2 rings (SSSR count). The van der Waals surface area contributed by atoms with E-state index >= 15 is 0 Å². The van der Waals surface area contributed by atoms with Crippen molar-refractivity contribution in [2.45, 2.75) is 51.5 Å². The monoisotopic (exact) mass is 289 g/mol. The van der Waals surface area contributed by atoms with E-state index < -0.39 is 12.0 Å². The molecule has 21 heavy (non-hydrogen) atoms. The summed E-state index contributed by atoms with van der Waals surface area (Å²) in [6.45, 7) is 3.07. The van der Waals surface area contributed by atoms with E-state index in [-0.39, 0.29) is 0 Å². The average Bonchev–Trinajstić information content (AvgIpc) is 2.50. The molecule has 3 heteroatoms. The van der Waals surface area contributed by atoms with Gasteiger partial charge in [0.05, 0.1) is 0 Å². The van der Waals surface area contributed by atoms with Crippen molar-refractivity contribution >= 4 is 5.97 Å². The molecule has 1 atom stereocenters. The molecule has 1 saturated carbocycles. The Morgan fingerprint density at radius 3 is 2.38 bits per heavy atom. The van der Waals surface area contributed by atoms with Crippen LogP contribution < -0.4 is 5.32 Å². The zero-order valence-corrected chi connectivity index (χ0v) is 12.9. The molecule has 0 unspecified atom stereocenters. The Bertz CT molecular complexity index is 424. The highest BCUT2D eigenvalue weighted by Gasteiger charge is 2.24. The van der Waals surface area contributed by atoms with Crippen LogP contribution in [0.4, 0.5) is 0 Å². The van der Waals surface area contributed by atoms with Crippen molar-refractivity contribution < 1.29 is 9.90 Å². The minimum atomic E-state index is -0.791. The Kier molecular flexibility index (Phi) is 6.24. The first-order valence-electron chi connectivity index (χ1n) is 8.21. The normalized spacial score (nSPS) is 23.7. The van der Waals surface area contributed by atoms with Gasteiger partial charge in [-0.25, -0.2) is 0 Å². The van der Waals surface area contributed by atoms with Crippen LogP contribution in [0.2, 0.25) is 0 Å². The van der Waals surface area contributed by atoms with Crippen LogP contribution in [0.5, 0.6) is 0 Å². The molecule has 1 fully saturated rings. The highest BCUT2D eigenvalue weighted by atomic mass is 16.4. The molecular weight excluding hydrogens is 262 g/mol. The summed E-state index contributed by atoms with van der Waals surface area (Å²) in [6.07, 6.45) is 7.72. The quantitative estimate of drug-likeness (QED) is 0.797. The third kappa shape index (κ3) is 4.85. The molecule has 116 valence electrons. The number of hydrogen-bond acceptors (Lipinski definition) is 2. The number of hydrogen-bond donors (Lipinski definition) is 2. The average molecular weight is 289 g/mol. The van der Waals surface area contributed by atoms with Crippen LogP contribution in [0, 0.1) is 11.8 Å². The van der Waals surface area contributed by atoms with Crippen LogP contribution >= 0.6 is 0 Å². The van der Waals surface area contributed by atoms with Crippen LogP contribution in [-0.2, 0) is 4.79 Å². The summed E-state index contributed by atoms with van der Waals surface area (Å²) < 4.78 is 0. The van der Waals surface area contributed by atoms with Gasteiger partial charge in [0.1, 0.15) is 6.04 Å². The van der Waals surface area contributed by atoms with Crippen molar-refractivity contribution in [3.63, 3.8) is 0 Å². The van der Waals surface area contributed by atoms with Gasteiger partial charge < -0.3 is 10.4 Å². The molecule has 0 amide bonds. The van der Waals surface area contributed by atoms with Crippen LogP contribution in [-0.4, -0.2) is 17.6 Å². The minimum Gasteiger partial charge on any atom is -0.480 e. The number of carboxylic acid groups (broad SMARTS) is 1. The summed E-state index contributed by atoms with van der Waals surface area (Å²) in [6, 6.07) is 8.87. The smallest absolute Gasteiger partial charge is 0.325 e. The zero-order chi connectivity index (χ0) is 15.1. The van der Waals surface area contributed by atoms with Gasteiger partial charge in [-0.2, -0.15) is 0 Å². The molecule has 0 spiro atoms. The van der Waals surface area contributed by atoms with E-state index in [2.05, 4.69) is 12.2 Å². The third-order valence-corrected chi connectivity index (χ3v) is 4.65. The number of aliphatic carboxylic acids is 1. The lowest BCUT2D eigenvalue weighted by molar-refractivity contribution is -0.139. The SMILES string of the molecule is CCCC1CCC(CN[C@H](C(=O)O)c2ccccc2)CC1. The van der Waals surface area contributed by atoms with Crippen LogP contribution in [0.3, 0.4) is 0 Å². The van der Waals surface area contributed by atoms with Gasteiger partial charge in [0.25, 0.3) is 0 Å². The van der Waals surface area contributed by atoms with Crippen LogP contribution in [0.1, 0.15) is 57.1 Å². The predicted octanol–water partition coefficient (Wildman–Crippen LogP) is 4.01. The number of benzene rings is 1. The van der Waals surface area contributed by atoms with Gasteiger partial charge in [0.2, 0.25) is 0 Å². The maximum atomic E-state index is 11.4. The van der Waals surface area contributed by atoms with Crippen LogP contribution in [0.15, 0.2) is 30.3 Å². The number of rotatable bonds is 7. The van der Waals surface area contributed by atoms with Crippen molar-refractivity contribution in [2.24, 2.45) is 11.8 Å². The van der Waals surface area contributed by atoms with Crippen molar-refractivity contribution in [1.82, 2.24) is 5.32 Å². The lowest BCUT2D eigenvalue weighted by Gasteiger charge is -2.29. The molecule has 1 aliphatic rings. The fraction of sp³-hybridized carbons (Fsp3) is 0.611. The second-order valence-corrected chi connectivity index (χ2v) is 6.27. The highest BCUT2D eigenvalue weighted by Crippen LogP contribution is 2.31. The van der Waals surface area contributed by atoms with E-state index in [1.54, 1.807) is 0 Å². The molecule has 1 aliphatic carbocycles. The summed E-state index contributed by atoms with van der Waals surface area (Å²) in [5, 5.41) is 12.7. The molecule has 3 nitrogen and oxygen atoms in total. The Labute approximate surface area is 127 Å². The zero-order valence-electron chi connectivity index (χ0n) is 12.9. The second kappa shape index (κ2) is 8.18. The van der Waals surface area contributed by atoms with Gasteiger partial charge in [-0.15, -0.1) is 0 Å². The molecule has 0 saturated heterocycles. The first-order valence-corrected chi connectivity index (χ1v) is 8.21. The Morgan fingerprint density at radius 2 is 1.81 bits per heavy atom. The van der Waals surface area contributed by atoms with E-state index in [0.29, 0.717) is 5.92 Å². The van der Waals surface area contributed by atoms with Gasteiger partial charge in [-0.3, -0.25) is 4.79 Å². The van der Waals surface area contributed by atoms with E-state index in [1.165, 1.54) is 38.5 Å². The molecule has 1 aromatic rings. The van der Waals surface area contributed by atoms with E-state index in [0.717, 1.165) is 18.0 Å². The van der Waals surface area contributed by atoms with E-state index in [9.17, 15) is 9.90 Å². The topological polar surface area (TPSA) is 49.3 Å². The van der Waals surface area contributed by atoms with Gasteiger partial charge in [0, 0.05) is 0 Å². The first kappa shape index (κ1) is 16.0. The van der Waals surface area contributed by atoms with Crippen molar-refractivity contribution in [2.75, 3.05) is 6.54 Å². The fourth-order valence-corrected chi connectivity index (χ4v) is 3.41.